The second kappa shape index (κ2) is 4.47. The Morgan fingerprint density at radius 2 is 1.55 bits per heavy atom. The van der Waals surface area contributed by atoms with Crippen molar-refractivity contribution < 1.29 is 14.3 Å². The molecule has 20 heavy (non-hydrogen) atoms. The Morgan fingerprint density at radius 1 is 1.00 bits per heavy atom. The molecule has 0 unspecified atom stereocenters. The monoisotopic (exact) mass is 277 g/mol. The highest BCUT2D eigenvalue weighted by Gasteiger charge is 2.55. The lowest BCUT2D eigenvalue weighted by Gasteiger charge is -2.55. The summed E-state index contributed by atoms with van der Waals surface area (Å²) in [5.41, 5.74) is -0.241. The predicted molar refractivity (Wildman–Crippen MR) is 72.7 cm³/mol. The van der Waals surface area contributed by atoms with Crippen molar-refractivity contribution >= 4 is 11.9 Å². The first-order chi connectivity index (χ1) is 9.63. The Bertz CT molecular complexity index is 406. The number of hydrogen-bond acceptors (Lipinski definition) is 3. The van der Waals surface area contributed by atoms with E-state index < -0.39 is 0 Å². The molecule has 0 spiro atoms. The van der Waals surface area contributed by atoms with Crippen LogP contribution in [0.1, 0.15) is 51.4 Å². The van der Waals surface area contributed by atoms with Crippen LogP contribution in [-0.2, 0) is 14.3 Å². The van der Waals surface area contributed by atoms with E-state index in [9.17, 15) is 9.59 Å². The van der Waals surface area contributed by atoms with Gasteiger partial charge < -0.3 is 10.1 Å². The second-order valence-corrected chi connectivity index (χ2v) is 7.62. The highest BCUT2D eigenvalue weighted by atomic mass is 16.5. The van der Waals surface area contributed by atoms with Gasteiger partial charge in [0.25, 0.3) is 5.91 Å². The van der Waals surface area contributed by atoms with Gasteiger partial charge in [0.15, 0.2) is 6.61 Å². The van der Waals surface area contributed by atoms with Crippen LogP contribution in [0.25, 0.3) is 0 Å². The van der Waals surface area contributed by atoms with Crippen LogP contribution < -0.4 is 5.32 Å². The molecule has 0 aromatic carbocycles. The molecule has 5 fully saturated rings. The molecule has 1 N–H and O–H groups in total. The Hall–Kier alpha value is -1.06. The highest BCUT2D eigenvalue weighted by molar-refractivity contribution is 5.83. The van der Waals surface area contributed by atoms with Gasteiger partial charge in [-0.1, -0.05) is 0 Å². The first-order valence-electron chi connectivity index (χ1n) is 8.09. The standard InChI is InChI=1S/C16H23NO3/c18-14(17-13-1-2-13)9-20-15(19)16-6-10-3-11(7-16)5-12(4-10)8-16/h10-13H,1-9H2,(H,17,18). The van der Waals surface area contributed by atoms with E-state index in [0.717, 1.165) is 49.9 Å². The summed E-state index contributed by atoms with van der Waals surface area (Å²) in [4.78, 5) is 24.1. The molecule has 0 aliphatic heterocycles. The summed E-state index contributed by atoms with van der Waals surface area (Å²) < 4.78 is 5.37. The molecule has 0 atom stereocenters. The number of nitrogens with one attached hydrogen (secondary N) is 1. The van der Waals surface area contributed by atoms with Gasteiger partial charge in [0.1, 0.15) is 0 Å². The Morgan fingerprint density at radius 3 is 2.05 bits per heavy atom. The number of hydrogen-bond donors (Lipinski definition) is 1. The van der Waals surface area contributed by atoms with E-state index in [1.165, 1.54) is 19.3 Å². The molecule has 5 aliphatic carbocycles. The van der Waals surface area contributed by atoms with Gasteiger partial charge in [-0.3, -0.25) is 9.59 Å². The SMILES string of the molecule is O=C(COC(=O)C12CC3CC(CC(C3)C1)C2)NC1CC1. The molecule has 110 valence electrons. The Balaban J connectivity index is 1.36. The van der Waals surface area contributed by atoms with Crippen LogP contribution >= 0.6 is 0 Å². The maximum atomic E-state index is 12.5. The van der Waals surface area contributed by atoms with Crippen molar-refractivity contribution in [2.24, 2.45) is 23.2 Å². The molecule has 4 bridgehead atoms. The average molecular weight is 277 g/mol. The van der Waals surface area contributed by atoms with Crippen LogP contribution in [0.15, 0.2) is 0 Å². The number of carbonyl (C=O) groups is 2. The van der Waals surface area contributed by atoms with Crippen molar-refractivity contribution in [2.75, 3.05) is 6.61 Å². The first-order valence-corrected chi connectivity index (χ1v) is 8.09. The Kier molecular flexibility index (Phi) is 2.83. The van der Waals surface area contributed by atoms with Gasteiger partial charge in [-0.25, -0.2) is 0 Å². The molecule has 0 aromatic rings. The van der Waals surface area contributed by atoms with Crippen LogP contribution in [0, 0.1) is 23.2 Å². The van der Waals surface area contributed by atoms with Gasteiger partial charge in [-0.05, 0) is 69.1 Å². The second-order valence-electron chi connectivity index (χ2n) is 7.62. The zero-order chi connectivity index (χ0) is 13.7. The molecular formula is C16H23NO3. The van der Waals surface area contributed by atoms with E-state index in [2.05, 4.69) is 5.32 Å². The van der Waals surface area contributed by atoms with Gasteiger partial charge in [0.05, 0.1) is 5.41 Å². The normalized spacial score (nSPS) is 41.5. The molecule has 0 radical (unpaired) electrons. The molecule has 0 saturated heterocycles. The molecule has 0 heterocycles. The minimum atomic E-state index is -0.241. The van der Waals surface area contributed by atoms with Gasteiger partial charge in [0, 0.05) is 6.04 Å². The summed E-state index contributed by atoms with van der Waals surface area (Å²) in [6.07, 6.45) is 9.08. The maximum Gasteiger partial charge on any atom is 0.312 e. The molecule has 4 heteroatoms. The third-order valence-corrected chi connectivity index (χ3v) is 5.75. The van der Waals surface area contributed by atoms with Crippen molar-refractivity contribution in [1.29, 1.82) is 0 Å². The summed E-state index contributed by atoms with van der Waals surface area (Å²) in [6, 6.07) is 0.334. The third kappa shape index (κ3) is 2.23. The van der Waals surface area contributed by atoms with Crippen molar-refractivity contribution in [2.45, 2.75) is 57.4 Å². The van der Waals surface area contributed by atoms with Crippen molar-refractivity contribution in [1.82, 2.24) is 5.32 Å². The summed E-state index contributed by atoms with van der Waals surface area (Å²) in [5.74, 6) is 1.96. The van der Waals surface area contributed by atoms with E-state index in [-0.39, 0.29) is 23.9 Å². The molecule has 5 aliphatic rings. The highest BCUT2D eigenvalue weighted by Crippen LogP contribution is 2.60. The lowest BCUT2D eigenvalue weighted by Crippen LogP contribution is -2.51. The van der Waals surface area contributed by atoms with Gasteiger partial charge in [0.2, 0.25) is 0 Å². The van der Waals surface area contributed by atoms with Crippen LogP contribution in [0.4, 0.5) is 0 Å². The van der Waals surface area contributed by atoms with E-state index in [4.69, 9.17) is 4.74 Å². The van der Waals surface area contributed by atoms with Gasteiger partial charge in [-0.2, -0.15) is 0 Å². The minimum absolute atomic E-state index is 0.0862. The molecular weight excluding hydrogens is 254 g/mol. The maximum absolute atomic E-state index is 12.5. The predicted octanol–water partition coefficient (Wildman–Crippen LogP) is 2.02. The topological polar surface area (TPSA) is 55.4 Å². The van der Waals surface area contributed by atoms with Crippen LogP contribution in [0.2, 0.25) is 0 Å². The lowest BCUT2D eigenvalue weighted by molar-refractivity contribution is -0.173. The summed E-state index contributed by atoms with van der Waals surface area (Å²) in [7, 11) is 0. The zero-order valence-electron chi connectivity index (χ0n) is 11.9. The first kappa shape index (κ1) is 12.7. The van der Waals surface area contributed by atoms with Crippen molar-refractivity contribution in [3.8, 4) is 0 Å². The van der Waals surface area contributed by atoms with E-state index in [1.54, 1.807) is 0 Å². The molecule has 4 nitrogen and oxygen atoms in total. The minimum Gasteiger partial charge on any atom is -0.455 e. The fraction of sp³-hybridized carbons (Fsp3) is 0.875. The van der Waals surface area contributed by atoms with Crippen LogP contribution in [0.3, 0.4) is 0 Å². The smallest absolute Gasteiger partial charge is 0.312 e. The van der Waals surface area contributed by atoms with Gasteiger partial charge >= 0.3 is 5.97 Å². The van der Waals surface area contributed by atoms with E-state index in [0.29, 0.717) is 6.04 Å². The summed E-state index contributed by atoms with van der Waals surface area (Å²) >= 11 is 0. The van der Waals surface area contributed by atoms with Crippen molar-refractivity contribution in [3.63, 3.8) is 0 Å². The largest absolute Gasteiger partial charge is 0.455 e. The quantitative estimate of drug-likeness (QED) is 0.800. The van der Waals surface area contributed by atoms with E-state index >= 15 is 0 Å². The van der Waals surface area contributed by atoms with Gasteiger partial charge in [-0.15, -0.1) is 0 Å². The molecule has 0 aromatic heterocycles. The molecule has 5 rings (SSSR count). The van der Waals surface area contributed by atoms with Crippen molar-refractivity contribution in [3.05, 3.63) is 0 Å². The molecule has 1 amide bonds. The Labute approximate surface area is 119 Å². The molecule has 5 saturated carbocycles. The van der Waals surface area contributed by atoms with Crippen LogP contribution in [-0.4, -0.2) is 24.5 Å². The average Bonchev–Trinajstić information content (AvgIpc) is 3.18. The number of amides is 1. The third-order valence-electron chi connectivity index (χ3n) is 5.75. The number of carbonyl (C=O) groups excluding carboxylic acids is 2. The number of esters is 1. The fourth-order valence-corrected chi connectivity index (χ4v) is 5.14. The summed E-state index contributed by atoms with van der Waals surface area (Å²) in [5, 5.41) is 2.87. The lowest BCUT2D eigenvalue weighted by atomic mass is 9.49. The zero-order valence-corrected chi connectivity index (χ0v) is 11.9. The number of rotatable bonds is 4. The van der Waals surface area contributed by atoms with Crippen LogP contribution in [0.5, 0.6) is 0 Å². The summed E-state index contributed by atoms with van der Waals surface area (Å²) in [6.45, 7) is -0.0862. The van der Waals surface area contributed by atoms with E-state index in [1.807, 2.05) is 0 Å². The fourth-order valence-electron chi connectivity index (χ4n) is 5.14. The number of ether oxygens (including phenoxy) is 1.